The van der Waals surface area contributed by atoms with Gasteiger partial charge in [0.25, 0.3) is 5.56 Å². The Morgan fingerprint density at radius 3 is 2.52 bits per heavy atom. The normalized spacial score (nSPS) is 13.9. The number of nitrogens with zero attached hydrogens (tertiary/aromatic N) is 4. The lowest BCUT2D eigenvalue weighted by Crippen LogP contribution is -2.39. The van der Waals surface area contributed by atoms with Crippen LogP contribution in [-0.2, 0) is 6.54 Å². The summed E-state index contributed by atoms with van der Waals surface area (Å²) >= 11 is 1.27. The van der Waals surface area contributed by atoms with E-state index in [2.05, 4.69) is 9.88 Å². The molecule has 0 spiro atoms. The van der Waals surface area contributed by atoms with Crippen LogP contribution in [0.5, 0.6) is 0 Å². The Morgan fingerprint density at radius 1 is 1.03 bits per heavy atom. The van der Waals surface area contributed by atoms with Gasteiger partial charge in [-0.1, -0.05) is 29.5 Å². The Labute approximate surface area is 192 Å². The largest absolute Gasteiger partial charge is 0.348 e. The molecule has 5 rings (SSSR count). The molecule has 9 heteroatoms. The minimum Gasteiger partial charge on any atom is -0.348 e. The Balaban J connectivity index is 1.78. The van der Waals surface area contributed by atoms with Gasteiger partial charge in [0.05, 0.1) is 12.2 Å². The van der Waals surface area contributed by atoms with E-state index in [-0.39, 0.29) is 12.2 Å². The summed E-state index contributed by atoms with van der Waals surface area (Å²) in [7, 11) is 0. The van der Waals surface area contributed by atoms with Crippen LogP contribution in [0.25, 0.3) is 16.0 Å². The minimum atomic E-state index is -0.990. The van der Waals surface area contributed by atoms with Crippen molar-refractivity contribution >= 4 is 26.8 Å². The molecule has 1 fully saturated rings. The van der Waals surface area contributed by atoms with E-state index >= 15 is 0 Å². The smallest absolute Gasteiger partial charge is 0.337 e. The summed E-state index contributed by atoms with van der Waals surface area (Å²) in [6.45, 7) is 5.43. The van der Waals surface area contributed by atoms with Crippen LogP contribution in [0.3, 0.4) is 0 Å². The van der Waals surface area contributed by atoms with Gasteiger partial charge in [-0.3, -0.25) is 9.36 Å². The molecule has 1 aliphatic rings. The molecule has 4 aromatic rings. The summed E-state index contributed by atoms with van der Waals surface area (Å²) in [4.78, 5) is 34.0. The van der Waals surface area contributed by atoms with Crippen LogP contribution < -0.4 is 16.1 Å². The number of rotatable bonds is 4. The monoisotopic (exact) mass is 468 g/mol. The molecule has 0 bridgehead atoms. The zero-order chi connectivity index (χ0) is 23.3. The Morgan fingerprint density at radius 2 is 1.79 bits per heavy atom. The summed E-state index contributed by atoms with van der Waals surface area (Å²) in [6, 6.07) is 8.98. The lowest BCUT2D eigenvalue weighted by molar-refractivity contribution is 0.506. The number of benzene rings is 2. The van der Waals surface area contributed by atoms with Crippen molar-refractivity contribution in [2.75, 3.05) is 18.0 Å². The van der Waals surface area contributed by atoms with E-state index in [1.807, 2.05) is 19.9 Å². The van der Waals surface area contributed by atoms with Crippen molar-refractivity contribution in [1.29, 1.82) is 0 Å². The van der Waals surface area contributed by atoms with Crippen LogP contribution in [0, 0.1) is 25.5 Å². The second-order valence-electron chi connectivity index (χ2n) is 8.32. The summed E-state index contributed by atoms with van der Waals surface area (Å²) in [6.07, 6.45) is 2.09. The summed E-state index contributed by atoms with van der Waals surface area (Å²) in [5.41, 5.74) is 1.95. The van der Waals surface area contributed by atoms with E-state index in [9.17, 15) is 18.4 Å². The third-order valence-corrected chi connectivity index (χ3v) is 7.28. The molecule has 0 amide bonds. The second kappa shape index (κ2) is 8.22. The molecule has 33 heavy (non-hydrogen) atoms. The molecule has 0 atom stereocenters. The van der Waals surface area contributed by atoms with Gasteiger partial charge in [-0.15, -0.1) is 0 Å². The second-order valence-corrected chi connectivity index (χ2v) is 9.30. The first kappa shape index (κ1) is 21.5. The highest BCUT2D eigenvalue weighted by Gasteiger charge is 2.23. The molecule has 0 aliphatic carbocycles. The van der Waals surface area contributed by atoms with Crippen LogP contribution >= 0.6 is 11.3 Å². The molecule has 0 saturated carbocycles. The van der Waals surface area contributed by atoms with Crippen molar-refractivity contribution < 1.29 is 8.78 Å². The molecule has 0 unspecified atom stereocenters. The predicted octanol–water partition coefficient (Wildman–Crippen LogP) is 4.15. The molecule has 3 heterocycles. The number of aromatic nitrogens is 3. The fraction of sp³-hybridized carbons (Fsp3) is 0.292. The maximum absolute atomic E-state index is 13.9. The zero-order valence-corrected chi connectivity index (χ0v) is 19.1. The van der Waals surface area contributed by atoms with Crippen molar-refractivity contribution in [1.82, 2.24) is 14.1 Å². The van der Waals surface area contributed by atoms with Gasteiger partial charge < -0.3 is 4.90 Å². The average Bonchev–Trinajstić information content (AvgIpc) is 3.47. The van der Waals surface area contributed by atoms with Gasteiger partial charge in [0, 0.05) is 13.1 Å². The number of hydrogen-bond acceptors (Lipinski definition) is 5. The van der Waals surface area contributed by atoms with Gasteiger partial charge in [0.2, 0.25) is 0 Å². The van der Waals surface area contributed by atoms with Gasteiger partial charge in [-0.2, -0.15) is 0 Å². The van der Waals surface area contributed by atoms with Gasteiger partial charge in [-0.05, 0) is 61.6 Å². The van der Waals surface area contributed by atoms with Gasteiger partial charge in [-0.25, -0.2) is 23.1 Å². The highest BCUT2D eigenvalue weighted by atomic mass is 32.1. The van der Waals surface area contributed by atoms with E-state index in [0.717, 1.165) is 53.8 Å². The van der Waals surface area contributed by atoms with E-state index < -0.39 is 22.9 Å². The molecule has 6 nitrogen and oxygen atoms in total. The molecule has 0 radical (unpaired) electrons. The summed E-state index contributed by atoms with van der Waals surface area (Å²) < 4.78 is 30.2. The third kappa shape index (κ3) is 3.66. The summed E-state index contributed by atoms with van der Waals surface area (Å²) in [5.74, 6) is -1.95. The van der Waals surface area contributed by atoms with Crippen LogP contribution in [0.15, 0.2) is 46.0 Å². The third-order valence-electron chi connectivity index (χ3n) is 6.19. The molecule has 1 saturated heterocycles. The van der Waals surface area contributed by atoms with Crippen LogP contribution in [-0.4, -0.2) is 27.2 Å². The maximum atomic E-state index is 13.9. The lowest BCUT2D eigenvalue weighted by Gasteiger charge is -2.14. The number of halogens is 2. The first-order chi connectivity index (χ1) is 15.8. The zero-order valence-electron chi connectivity index (χ0n) is 18.3. The first-order valence-electron chi connectivity index (χ1n) is 10.8. The van der Waals surface area contributed by atoms with Crippen LogP contribution in [0.1, 0.15) is 29.5 Å². The van der Waals surface area contributed by atoms with Crippen molar-refractivity contribution in [2.24, 2.45) is 0 Å². The number of fused-ring (bicyclic) bond motifs is 1. The topological polar surface area (TPSA) is 60.1 Å². The Kier molecular flexibility index (Phi) is 5.36. The number of hydrogen-bond donors (Lipinski definition) is 0. The van der Waals surface area contributed by atoms with Gasteiger partial charge >= 0.3 is 5.69 Å². The lowest BCUT2D eigenvalue weighted by atomic mass is 10.1. The number of anilines is 1. The Hall–Kier alpha value is -3.33. The van der Waals surface area contributed by atoms with Crippen molar-refractivity contribution in [3.8, 4) is 5.69 Å². The van der Waals surface area contributed by atoms with Gasteiger partial charge in [0.15, 0.2) is 22.4 Å². The minimum absolute atomic E-state index is 0.0408. The molecule has 2 aromatic heterocycles. The standard InChI is InChI=1S/C24H22F2N4O2S/c1-14-6-5-7-19(15(14)2)30-22(31)20-21(27-23(33-20)28-10-3-4-11-28)29(24(30)32)13-16-8-9-17(25)18(26)12-16/h5-9,12H,3-4,10-11,13H2,1-2H3. The average molecular weight is 469 g/mol. The molecule has 2 aromatic carbocycles. The maximum Gasteiger partial charge on any atom is 0.337 e. The molecule has 0 N–H and O–H groups in total. The van der Waals surface area contributed by atoms with Crippen LogP contribution in [0.2, 0.25) is 0 Å². The number of thiazole rings is 1. The van der Waals surface area contributed by atoms with Crippen molar-refractivity contribution in [3.63, 3.8) is 0 Å². The highest BCUT2D eigenvalue weighted by molar-refractivity contribution is 7.22. The van der Waals surface area contributed by atoms with E-state index in [4.69, 9.17) is 0 Å². The predicted molar refractivity (Wildman–Crippen MR) is 126 cm³/mol. The Bertz CT molecular complexity index is 1500. The fourth-order valence-electron chi connectivity index (χ4n) is 4.22. The molecular formula is C24H22F2N4O2S. The van der Waals surface area contributed by atoms with Crippen molar-refractivity contribution in [2.45, 2.75) is 33.2 Å². The molecule has 170 valence electrons. The van der Waals surface area contributed by atoms with E-state index in [1.165, 1.54) is 22.0 Å². The van der Waals surface area contributed by atoms with E-state index in [1.54, 1.807) is 12.1 Å². The van der Waals surface area contributed by atoms with Crippen molar-refractivity contribution in [3.05, 3.63) is 85.6 Å². The summed E-state index contributed by atoms with van der Waals surface area (Å²) in [5, 5.41) is 0.691. The molecule has 1 aliphatic heterocycles. The molecular weight excluding hydrogens is 446 g/mol. The number of aryl methyl sites for hydroxylation is 1. The SMILES string of the molecule is Cc1cccc(-n2c(=O)c3sc(N4CCCC4)nc3n(Cc3ccc(F)c(F)c3)c2=O)c1C. The quantitative estimate of drug-likeness (QED) is 0.452. The highest BCUT2D eigenvalue weighted by Crippen LogP contribution is 2.29. The first-order valence-corrected chi connectivity index (χ1v) is 11.6. The van der Waals surface area contributed by atoms with Crippen LogP contribution in [0.4, 0.5) is 13.9 Å². The van der Waals surface area contributed by atoms with Gasteiger partial charge in [0.1, 0.15) is 4.70 Å². The fourth-order valence-corrected chi connectivity index (χ4v) is 5.27. The van der Waals surface area contributed by atoms with E-state index in [0.29, 0.717) is 21.1 Å².